The summed E-state index contributed by atoms with van der Waals surface area (Å²) < 4.78 is 10.9. The molecule has 2 aliphatic heterocycles. The Balaban J connectivity index is 1.61. The Morgan fingerprint density at radius 2 is 2.00 bits per heavy atom. The highest BCUT2D eigenvalue weighted by atomic mass is 16.5. The van der Waals surface area contributed by atoms with Crippen LogP contribution >= 0.6 is 0 Å². The highest BCUT2D eigenvalue weighted by Crippen LogP contribution is 2.33. The van der Waals surface area contributed by atoms with E-state index in [2.05, 4.69) is 16.1 Å². The maximum atomic E-state index is 9.80. The third-order valence-electron chi connectivity index (χ3n) is 6.02. The van der Waals surface area contributed by atoms with Gasteiger partial charge in [-0.1, -0.05) is 11.2 Å². The van der Waals surface area contributed by atoms with E-state index in [1.165, 1.54) is 13.0 Å². The van der Waals surface area contributed by atoms with E-state index >= 15 is 0 Å². The molecule has 0 saturated carbocycles. The molecule has 27 heavy (non-hydrogen) atoms. The van der Waals surface area contributed by atoms with Gasteiger partial charge in [0.25, 0.3) is 0 Å². The van der Waals surface area contributed by atoms with Gasteiger partial charge >= 0.3 is 0 Å². The van der Waals surface area contributed by atoms with Crippen molar-refractivity contribution in [3.05, 3.63) is 34.8 Å². The van der Waals surface area contributed by atoms with Crippen LogP contribution < -0.4 is 0 Å². The minimum atomic E-state index is -0.0362. The number of aliphatic hydroxyl groups excluding tert-OH is 1. The quantitative estimate of drug-likeness (QED) is 0.890. The molecule has 2 fully saturated rings. The first kappa shape index (κ1) is 18.6. The standard InChI is InChI=1S/C21H29N3O3/c1-14-20(15(2)27-23-14)21-17(13-25)5-6-19(22-21)16-4-3-9-24(12-16)18-7-10-26-11-8-18/h5-6,16,18,25H,3-4,7-13H2,1-2H3/t16-/m0/s1. The minimum Gasteiger partial charge on any atom is -0.392 e. The summed E-state index contributed by atoms with van der Waals surface area (Å²) in [5.74, 6) is 1.17. The number of hydrogen-bond acceptors (Lipinski definition) is 6. The fraction of sp³-hybridized carbons (Fsp3) is 0.619. The van der Waals surface area contributed by atoms with E-state index in [9.17, 15) is 5.11 Å². The molecule has 2 aromatic rings. The van der Waals surface area contributed by atoms with Crippen molar-refractivity contribution in [2.75, 3.05) is 26.3 Å². The second kappa shape index (κ2) is 8.09. The van der Waals surface area contributed by atoms with E-state index in [-0.39, 0.29) is 6.61 Å². The van der Waals surface area contributed by atoms with E-state index in [0.717, 1.165) is 73.0 Å². The molecule has 2 saturated heterocycles. The average molecular weight is 371 g/mol. The van der Waals surface area contributed by atoms with Crippen molar-refractivity contribution in [2.24, 2.45) is 0 Å². The van der Waals surface area contributed by atoms with Crippen molar-refractivity contribution in [3.8, 4) is 11.3 Å². The predicted molar refractivity (Wildman–Crippen MR) is 103 cm³/mol. The summed E-state index contributed by atoms with van der Waals surface area (Å²) in [6, 6.07) is 4.74. The van der Waals surface area contributed by atoms with Gasteiger partial charge in [0.1, 0.15) is 5.76 Å². The number of hydrogen-bond donors (Lipinski definition) is 1. The second-order valence-electron chi connectivity index (χ2n) is 7.78. The second-order valence-corrected chi connectivity index (χ2v) is 7.78. The van der Waals surface area contributed by atoms with Gasteiger partial charge in [-0.3, -0.25) is 9.88 Å². The van der Waals surface area contributed by atoms with E-state index in [0.29, 0.717) is 12.0 Å². The first-order chi connectivity index (χ1) is 13.2. The molecule has 0 amide bonds. The maximum Gasteiger partial charge on any atom is 0.143 e. The van der Waals surface area contributed by atoms with E-state index < -0.39 is 0 Å². The molecule has 2 aromatic heterocycles. The average Bonchev–Trinajstić information content (AvgIpc) is 3.06. The summed E-state index contributed by atoms with van der Waals surface area (Å²) >= 11 is 0. The highest BCUT2D eigenvalue weighted by molar-refractivity contribution is 5.67. The van der Waals surface area contributed by atoms with Gasteiger partial charge in [-0.05, 0) is 52.1 Å². The Morgan fingerprint density at radius 1 is 1.19 bits per heavy atom. The number of piperidine rings is 1. The summed E-state index contributed by atoms with van der Waals surface area (Å²) in [5.41, 5.74) is 4.48. The Bertz CT molecular complexity index is 763. The molecule has 0 spiro atoms. The molecular weight excluding hydrogens is 342 g/mol. The van der Waals surface area contributed by atoms with Crippen molar-refractivity contribution in [2.45, 2.75) is 58.1 Å². The lowest BCUT2D eigenvalue weighted by atomic mass is 9.91. The number of rotatable bonds is 4. The zero-order valence-corrected chi connectivity index (χ0v) is 16.3. The molecular formula is C21H29N3O3. The monoisotopic (exact) mass is 371 g/mol. The van der Waals surface area contributed by atoms with Crippen LogP contribution in [0, 0.1) is 13.8 Å². The zero-order valence-electron chi connectivity index (χ0n) is 16.3. The number of ether oxygens (including phenoxy) is 1. The van der Waals surface area contributed by atoms with Gasteiger partial charge in [-0.2, -0.15) is 0 Å². The molecule has 0 bridgehead atoms. The smallest absolute Gasteiger partial charge is 0.143 e. The predicted octanol–water partition coefficient (Wildman–Crippen LogP) is 3.20. The van der Waals surface area contributed by atoms with Crippen LogP contribution in [0.1, 0.15) is 54.3 Å². The first-order valence-corrected chi connectivity index (χ1v) is 10.0. The van der Waals surface area contributed by atoms with Crippen LogP contribution in [0.2, 0.25) is 0 Å². The Labute approximate surface area is 160 Å². The molecule has 1 N–H and O–H groups in total. The Hall–Kier alpha value is -1.76. The number of nitrogens with zero attached hydrogens (tertiary/aromatic N) is 3. The van der Waals surface area contributed by atoms with Gasteiger partial charge in [0, 0.05) is 43.0 Å². The number of aliphatic hydroxyl groups is 1. The molecule has 0 aromatic carbocycles. The Kier molecular flexibility index (Phi) is 5.57. The lowest BCUT2D eigenvalue weighted by Gasteiger charge is -2.39. The molecule has 6 nitrogen and oxygen atoms in total. The van der Waals surface area contributed by atoms with E-state index in [4.69, 9.17) is 14.2 Å². The maximum absolute atomic E-state index is 9.80. The number of likely N-dealkylation sites (tertiary alicyclic amines) is 1. The molecule has 6 heteroatoms. The lowest BCUT2D eigenvalue weighted by Crippen LogP contribution is -2.44. The largest absolute Gasteiger partial charge is 0.392 e. The van der Waals surface area contributed by atoms with Crippen LogP contribution in [0.4, 0.5) is 0 Å². The molecule has 2 aliphatic rings. The van der Waals surface area contributed by atoms with Gasteiger partial charge < -0.3 is 14.4 Å². The molecule has 1 atom stereocenters. The topological polar surface area (TPSA) is 71.6 Å². The first-order valence-electron chi connectivity index (χ1n) is 10.0. The molecule has 146 valence electrons. The minimum absolute atomic E-state index is 0.0362. The van der Waals surface area contributed by atoms with Crippen LogP contribution in [-0.2, 0) is 11.3 Å². The van der Waals surface area contributed by atoms with Gasteiger partial charge in [0.2, 0.25) is 0 Å². The fourth-order valence-corrected chi connectivity index (χ4v) is 4.53. The number of aromatic nitrogens is 2. The van der Waals surface area contributed by atoms with Gasteiger partial charge in [0.15, 0.2) is 0 Å². The molecule has 4 rings (SSSR count). The van der Waals surface area contributed by atoms with Gasteiger partial charge in [-0.25, -0.2) is 0 Å². The van der Waals surface area contributed by atoms with Gasteiger partial charge in [-0.15, -0.1) is 0 Å². The zero-order chi connectivity index (χ0) is 18.8. The van der Waals surface area contributed by atoms with Crippen LogP contribution in [-0.4, -0.2) is 52.5 Å². The van der Waals surface area contributed by atoms with Crippen molar-refractivity contribution < 1.29 is 14.4 Å². The normalized spacial score (nSPS) is 22.3. The number of aryl methyl sites for hydroxylation is 2. The van der Waals surface area contributed by atoms with Crippen molar-refractivity contribution in [1.82, 2.24) is 15.0 Å². The molecule has 0 aliphatic carbocycles. The van der Waals surface area contributed by atoms with Crippen molar-refractivity contribution in [3.63, 3.8) is 0 Å². The summed E-state index contributed by atoms with van der Waals surface area (Å²) in [4.78, 5) is 7.63. The summed E-state index contributed by atoms with van der Waals surface area (Å²) in [6.45, 7) is 7.78. The molecule has 0 unspecified atom stereocenters. The third kappa shape index (κ3) is 3.79. The van der Waals surface area contributed by atoms with Crippen molar-refractivity contribution in [1.29, 1.82) is 0 Å². The van der Waals surface area contributed by atoms with Crippen LogP contribution in [0.5, 0.6) is 0 Å². The van der Waals surface area contributed by atoms with Gasteiger partial charge in [0.05, 0.1) is 23.6 Å². The Morgan fingerprint density at radius 3 is 2.70 bits per heavy atom. The van der Waals surface area contributed by atoms with E-state index in [1.54, 1.807) is 0 Å². The SMILES string of the molecule is Cc1noc(C)c1-c1nc([C@H]2CCCN(C3CCOCC3)C2)ccc1CO. The number of pyridine rings is 1. The van der Waals surface area contributed by atoms with Crippen LogP contribution in [0.3, 0.4) is 0 Å². The van der Waals surface area contributed by atoms with Crippen LogP contribution in [0.25, 0.3) is 11.3 Å². The summed E-state index contributed by atoms with van der Waals surface area (Å²) in [7, 11) is 0. The highest BCUT2D eigenvalue weighted by Gasteiger charge is 2.29. The van der Waals surface area contributed by atoms with Crippen molar-refractivity contribution >= 4 is 0 Å². The summed E-state index contributed by atoms with van der Waals surface area (Å²) in [5, 5.41) is 13.9. The lowest BCUT2D eigenvalue weighted by molar-refractivity contribution is 0.0237. The summed E-state index contributed by atoms with van der Waals surface area (Å²) in [6.07, 6.45) is 4.63. The molecule has 4 heterocycles. The van der Waals surface area contributed by atoms with Crippen LogP contribution in [0.15, 0.2) is 16.7 Å². The van der Waals surface area contributed by atoms with E-state index in [1.807, 2.05) is 19.9 Å². The fourth-order valence-electron chi connectivity index (χ4n) is 4.53. The molecule has 0 radical (unpaired) electrons. The third-order valence-corrected chi connectivity index (χ3v) is 6.02.